The van der Waals surface area contributed by atoms with Crippen LogP contribution in [0.5, 0.6) is 0 Å². The first kappa shape index (κ1) is 16.6. The van der Waals surface area contributed by atoms with E-state index < -0.39 is 0 Å². The normalized spacial score (nSPS) is 16.5. The number of unbranched alkanes of at least 4 members (excludes halogenated alkanes) is 2. The van der Waals surface area contributed by atoms with Crippen LogP contribution in [0, 0.1) is 5.41 Å². The SMILES string of the molecule is CCCCCc1c(CC(C)(C)C)ccc2c1C(=CCl)CC2. The molecule has 0 fully saturated rings. The van der Waals surface area contributed by atoms with Crippen molar-refractivity contribution in [3.05, 3.63) is 39.9 Å². The third kappa shape index (κ3) is 4.13. The lowest BCUT2D eigenvalue weighted by molar-refractivity contribution is 0.409. The number of fused-ring (bicyclic) bond motifs is 1. The molecule has 0 saturated heterocycles. The molecule has 0 nitrogen and oxygen atoms in total. The van der Waals surface area contributed by atoms with E-state index in [1.54, 1.807) is 5.56 Å². The van der Waals surface area contributed by atoms with Gasteiger partial charge in [-0.1, -0.05) is 64.3 Å². The number of allylic oxidation sites excluding steroid dienone is 1. The average molecular weight is 305 g/mol. The van der Waals surface area contributed by atoms with Gasteiger partial charge in [0.15, 0.2) is 0 Å². The molecule has 0 N–H and O–H groups in total. The van der Waals surface area contributed by atoms with Crippen LogP contribution in [0.2, 0.25) is 0 Å². The Morgan fingerprint density at radius 2 is 1.90 bits per heavy atom. The van der Waals surface area contributed by atoms with Crippen molar-refractivity contribution in [2.45, 2.75) is 72.6 Å². The standard InChI is InChI=1S/C20H29Cl/c1-5-6-7-8-18-16(13-20(2,3)4)11-9-15-10-12-17(14-21)19(15)18/h9,11,14H,5-8,10,12-13H2,1-4H3. The largest absolute Gasteiger partial charge is 0.0926 e. The number of benzene rings is 1. The Hall–Kier alpha value is -0.750. The topological polar surface area (TPSA) is 0 Å². The fraction of sp³-hybridized carbons (Fsp3) is 0.600. The maximum atomic E-state index is 6.09. The van der Waals surface area contributed by atoms with Crippen LogP contribution in [-0.4, -0.2) is 0 Å². The van der Waals surface area contributed by atoms with Crippen LogP contribution in [0.25, 0.3) is 5.57 Å². The van der Waals surface area contributed by atoms with E-state index in [0.29, 0.717) is 5.41 Å². The minimum atomic E-state index is 0.331. The zero-order valence-electron chi connectivity index (χ0n) is 14.1. The van der Waals surface area contributed by atoms with E-state index >= 15 is 0 Å². The first-order chi connectivity index (χ1) is 9.96. The van der Waals surface area contributed by atoms with Crippen LogP contribution < -0.4 is 0 Å². The van der Waals surface area contributed by atoms with Crippen molar-refractivity contribution in [1.82, 2.24) is 0 Å². The zero-order valence-corrected chi connectivity index (χ0v) is 14.8. The Kier molecular flexibility index (Phi) is 5.54. The molecule has 1 aromatic rings. The molecule has 2 rings (SSSR count). The highest BCUT2D eigenvalue weighted by atomic mass is 35.5. The molecule has 0 aliphatic heterocycles. The lowest BCUT2D eigenvalue weighted by Crippen LogP contribution is -2.12. The van der Waals surface area contributed by atoms with Gasteiger partial charge in [-0.05, 0) is 65.3 Å². The molecule has 0 amide bonds. The summed E-state index contributed by atoms with van der Waals surface area (Å²) in [5.41, 5.74) is 9.62. The third-order valence-corrected chi connectivity index (χ3v) is 4.63. The van der Waals surface area contributed by atoms with Crippen molar-refractivity contribution in [1.29, 1.82) is 0 Å². The summed E-state index contributed by atoms with van der Waals surface area (Å²) >= 11 is 6.09. The van der Waals surface area contributed by atoms with Gasteiger partial charge in [-0.15, -0.1) is 0 Å². The molecule has 116 valence electrons. The highest BCUT2D eigenvalue weighted by molar-refractivity contribution is 6.28. The highest BCUT2D eigenvalue weighted by Gasteiger charge is 2.23. The number of hydrogen-bond donors (Lipinski definition) is 0. The molecule has 1 aromatic carbocycles. The van der Waals surface area contributed by atoms with Gasteiger partial charge in [-0.25, -0.2) is 0 Å². The average Bonchev–Trinajstić information content (AvgIpc) is 2.82. The Morgan fingerprint density at radius 3 is 2.52 bits per heavy atom. The van der Waals surface area contributed by atoms with E-state index in [4.69, 9.17) is 11.6 Å². The van der Waals surface area contributed by atoms with Crippen LogP contribution in [-0.2, 0) is 19.3 Å². The van der Waals surface area contributed by atoms with Gasteiger partial charge in [0.25, 0.3) is 0 Å². The summed E-state index contributed by atoms with van der Waals surface area (Å²) in [6, 6.07) is 4.72. The molecule has 0 spiro atoms. The van der Waals surface area contributed by atoms with Crippen LogP contribution in [0.3, 0.4) is 0 Å². The van der Waals surface area contributed by atoms with Gasteiger partial charge < -0.3 is 0 Å². The van der Waals surface area contributed by atoms with Crippen molar-refractivity contribution in [2.75, 3.05) is 0 Å². The second kappa shape index (κ2) is 7.01. The van der Waals surface area contributed by atoms with Crippen molar-refractivity contribution < 1.29 is 0 Å². The van der Waals surface area contributed by atoms with Crippen LogP contribution in [0.1, 0.15) is 75.6 Å². The van der Waals surface area contributed by atoms with Gasteiger partial charge in [-0.2, -0.15) is 0 Å². The van der Waals surface area contributed by atoms with Crippen LogP contribution in [0.4, 0.5) is 0 Å². The first-order valence-corrected chi connectivity index (χ1v) is 8.83. The molecular weight excluding hydrogens is 276 g/mol. The molecule has 21 heavy (non-hydrogen) atoms. The summed E-state index contributed by atoms with van der Waals surface area (Å²) in [4.78, 5) is 0. The van der Waals surface area contributed by atoms with E-state index in [9.17, 15) is 0 Å². The van der Waals surface area contributed by atoms with Gasteiger partial charge >= 0.3 is 0 Å². The van der Waals surface area contributed by atoms with E-state index in [-0.39, 0.29) is 0 Å². The lowest BCUT2D eigenvalue weighted by atomic mass is 9.82. The Morgan fingerprint density at radius 1 is 1.14 bits per heavy atom. The van der Waals surface area contributed by atoms with Gasteiger partial charge in [0.1, 0.15) is 0 Å². The zero-order chi connectivity index (χ0) is 15.5. The maximum Gasteiger partial charge on any atom is 0.00808 e. The summed E-state index contributed by atoms with van der Waals surface area (Å²) in [7, 11) is 0. The summed E-state index contributed by atoms with van der Waals surface area (Å²) in [6.07, 6.45) is 8.51. The molecule has 0 radical (unpaired) electrons. The Balaban J connectivity index is 2.41. The van der Waals surface area contributed by atoms with Gasteiger partial charge in [0.05, 0.1) is 0 Å². The number of aryl methyl sites for hydroxylation is 1. The van der Waals surface area contributed by atoms with E-state index in [1.165, 1.54) is 47.9 Å². The van der Waals surface area contributed by atoms with Crippen LogP contribution in [0.15, 0.2) is 17.7 Å². The predicted molar refractivity (Wildman–Crippen MR) is 95.0 cm³/mol. The van der Waals surface area contributed by atoms with E-state index in [1.807, 2.05) is 5.54 Å². The second-order valence-electron chi connectivity index (χ2n) is 7.57. The van der Waals surface area contributed by atoms with Gasteiger partial charge in [-0.3, -0.25) is 0 Å². The number of hydrogen-bond acceptors (Lipinski definition) is 0. The summed E-state index contributed by atoms with van der Waals surface area (Å²) in [5.74, 6) is 0. The molecule has 1 heteroatoms. The van der Waals surface area contributed by atoms with Crippen molar-refractivity contribution in [3.63, 3.8) is 0 Å². The summed E-state index contributed by atoms with van der Waals surface area (Å²) < 4.78 is 0. The van der Waals surface area contributed by atoms with Crippen molar-refractivity contribution in [2.24, 2.45) is 5.41 Å². The minimum absolute atomic E-state index is 0.331. The smallest absolute Gasteiger partial charge is 0.00808 e. The molecular formula is C20H29Cl. The maximum absolute atomic E-state index is 6.09. The Bertz CT molecular complexity index is 517. The van der Waals surface area contributed by atoms with Crippen molar-refractivity contribution >= 4 is 17.2 Å². The molecule has 0 aromatic heterocycles. The lowest BCUT2D eigenvalue weighted by Gasteiger charge is -2.23. The fourth-order valence-electron chi connectivity index (χ4n) is 3.43. The summed E-state index contributed by atoms with van der Waals surface area (Å²) in [5, 5.41) is 0. The monoisotopic (exact) mass is 304 g/mol. The highest BCUT2D eigenvalue weighted by Crippen LogP contribution is 2.39. The summed E-state index contributed by atoms with van der Waals surface area (Å²) in [6.45, 7) is 9.26. The molecule has 0 saturated carbocycles. The second-order valence-corrected chi connectivity index (χ2v) is 7.78. The van der Waals surface area contributed by atoms with Gasteiger partial charge in [0.2, 0.25) is 0 Å². The Labute approximate surface area is 135 Å². The minimum Gasteiger partial charge on any atom is -0.0926 e. The third-order valence-electron chi connectivity index (χ3n) is 4.36. The van der Waals surface area contributed by atoms with Crippen LogP contribution >= 0.6 is 11.6 Å². The molecule has 0 bridgehead atoms. The van der Waals surface area contributed by atoms with Gasteiger partial charge in [0, 0.05) is 5.54 Å². The molecule has 0 unspecified atom stereocenters. The molecule has 0 heterocycles. The predicted octanol–water partition coefficient (Wildman–Crippen LogP) is 6.53. The van der Waals surface area contributed by atoms with E-state index in [2.05, 4.69) is 39.8 Å². The van der Waals surface area contributed by atoms with E-state index in [0.717, 1.165) is 19.3 Å². The first-order valence-electron chi connectivity index (χ1n) is 8.39. The van der Waals surface area contributed by atoms with Crippen molar-refractivity contribution in [3.8, 4) is 0 Å². The quantitative estimate of drug-likeness (QED) is 0.542. The number of rotatable bonds is 5. The number of halogens is 1. The molecule has 1 aliphatic rings. The fourth-order valence-corrected chi connectivity index (χ4v) is 3.64. The molecule has 0 atom stereocenters. The molecule has 1 aliphatic carbocycles.